The fourth-order valence-corrected chi connectivity index (χ4v) is 7.82. The van der Waals surface area contributed by atoms with Crippen LogP contribution in [0, 0.1) is 0 Å². The summed E-state index contributed by atoms with van der Waals surface area (Å²) < 4.78 is 33.5. The summed E-state index contributed by atoms with van der Waals surface area (Å²) in [6.07, 6.45) is 23.8. The van der Waals surface area contributed by atoms with Crippen molar-refractivity contribution in [3.8, 4) is 0 Å². The molecule has 6 unspecified atom stereocenters. The molecule has 13 nitrogen and oxygen atoms in total. The van der Waals surface area contributed by atoms with Gasteiger partial charge in [0.25, 0.3) is 0 Å². The maximum Gasteiger partial charge on any atom is 0.472 e. The molecule has 1 aliphatic rings. The fraction of sp³-hybridized carbons (Fsp3) is 0.864. The molecule has 6 atom stereocenters. The molecule has 0 radical (unpaired) electrons. The molecule has 58 heavy (non-hydrogen) atoms. The molecule has 1 aliphatic carbocycles. The lowest BCUT2D eigenvalue weighted by Crippen LogP contribution is -2.64. The van der Waals surface area contributed by atoms with Crippen molar-refractivity contribution in [2.45, 2.75) is 230 Å². The van der Waals surface area contributed by atoms with Crippen LogP contribution < -0.4 is 0 Å². The fourth-order valence-electron chi connectivity index (χ4n) is 6.85. The lowest BCUT2D eigenvalue weighted by molar-refractivity contribution is -0.220. The van der Waals surface area contributed by atoms with E-state index in [-0.39, 0.29) is 12.8 Å². The molecule has 0 aromatic rings. The maximum absolute atomic E-state index is 12.8. The predicted molar refractivity (Wildman–Crippen MR) is 226 cm³/mol. The van der Waals surface area contributed by atoms with Crippen LogP contribution in [0.25, 0.3) is 0 Å². The lowest BCUT2D eigenvalue weighted by Gasteiger charge is -2.41. The largest absolute Gasteiger partial charge is 0.472 e. The van der Waals surface area contributed by atoms with Gasteiger partial charge in [-0.25, -0.2) is 4.57 Å². The summed E-state index contributed by atoms with van der Waals surface area (Å²) in [7, 11) is -5.11. The van der Waals surface area contributed by atoms with E-state index < -0.39 is 75.7 Å². The topological polar surface area (TPSA) is 210 Å². The first-order valence-electron chi connectivity index (χ1n) is 22.6. The molecule has 0 bridgehead atoms. The highest BCUT2D eigenvalue weighted by Crippen LogP contribution is 2.47. The van der Waals surface area contributed by atoms with E-state index in [9.17, 15) is 44.6 Å². The third-order valence-electron chi connectivity index (χ3n) is 10.5. The smallest absolute Gasteiger partial charge is 0.462 e. The van der Waals surface area contributed by atoms with Gasteiger partial charge in [-0.1, -0.05) is 154 Å². The van der Waals surface area contributed by atoms with Crippen LogP contribution in [0.4, 0.5) is 0 Å². The van der Waals surface area contributed by atoms with Gasteiger partial charge < -0.3 is 39.9 Å². The molecule has 1 saturated carbocycles. The summed E-state index contributed by atoms with van der Waals surface area (Å²) in [5.41, 5.74) is 0. The predicted octanol–water partition coefficient (Wildman–Crippen LogP) is 8.45. The van der Waals surface area contributed by atoms with Gasteiger partial charge in [0.2, 0.25) is 0 Å². The van der Waals surface area contributed by atoms with Crippen LogP contribution in [0.1, 0.15) is 187 Å². The van der Waals surface area contributed by atoms with Crippen molar-refractivity contribution in [3.63, 3.8) is 0 Å². The van der Waals surface area contributed by atoms with E-state index in [0.29, 0.717) is 12.8 Å². The summed E-state index contributed by atoms with van der Waals surface area (Å²) in [6.45, 7) is 3.25. The van der Waals surface area contributed by atoms with Crippen LogP contribution in [0.5, 0.6) is 0 Å². The van der Waals surface area contributed by atoms with E-state index in [4.69, 9.17) is 18.5 Å². The van der Waals surface area contributed by atoms with E-state index in [0.717, 1.165) is 57.8 Å². The van der Waals surface area contributed by atoms with E-state index >= 15 is 0 Å². The number of carbonyl (C=O) groups is 2. The molecule has 340 valence electrons. The van der Waals surface area contributed by atoms with E-state index in [1.807, 2.05) is 0 Å². The summed E-state index contributed by atoms with van der Waals surface area (Å²) in [5.74, 6) is -1.10. The highest BCUT2D eigenvalue weighted by molar-refractivity contribution is 7.47. The first kappa shape index (κ1) is 54.3. The third kappa shape index (κ3) is 27.2. The van der Waals surface area contributed by atoms with Gasteiger partial charge in [-0.2, -0.15) is 0 Å². The Morgan fingerprint density at radius 1 is 0.534 bits per heavy atom. The van der Waals surface area contributed by atoms with Crippen LogP contribution in [0.2, 0.25) is 0 Å². The number of allylic oxidation sites excluding steroid dienone is 4. The number of hydrogen-bond acceptors (Lipinski definition) is 12. The number of aliphatic hydroxyl groups excluding tert-OH is 5. The van der Waals surface area contributed by atoms with Crippen molar-refractivity contribution in [2.24, 2.45) is 0 Å². The molecule has 0 heterocycles. The van der Waals surface area contributed by atoms with E-state index in [2.05, 4.69) is 38.2 Å². The Morgan fingerprint density at radius 2 is 0.931 bits per heavy atom. The van der Waals surface area contributed by atoms with Crippen molar-refractivity contribution in [3.05, 3.63) is 24.3 Å². The highest BCUT2D eigenvalue weighted by Gasteiger charge is 2.51. The quantitative estimate of drug-likeness (QED) is 0.0150. The number of rotatable bonds is 37. The average molecular weight is 849 g/mol. The van der Waals surface area contributed by atoms with Crippen LogP contribution >= 0.6 is 7.82 Å². The number of ether oxygens (including phenoxy) is 2. The highest BCUT2D eigenvalue weighted by atomic mass is 31.2. The minimum Gasteiger partial charge on any atom is -0.462 e. The maximum atomic E-state index is 12.8. The van der Waals surface area contributed by atoms with Crippen LogP contribution in [-0.4, -0.2) is 98.3 Å². The Kier molecular flexibility index (Phi) is 32.8. The molecule has 0 saturated heterocycles. The zero-order valence-corrected chi connectivity index (χ0v) is 36.7. The molecule has 6 N–H and O–H groups in total. The van der Waals surface area contributed by atoms with Gasteiger partial charge in [-0.15, -0.1) is 0 Å². The minimum absolute atomic E-state index is 0.0943. The Morgan fingerprint density at radius 3 is 1.43 bits per heavy atom. The number of unbranched alkanes of at least 4 members (excludes halogenated alkanes) is 21. The number of aliphatic hydroxyl groups is 5. The monoisotopic (exact) mass is 849 g/mol. The SMILES string of the molecule is CCCCC/C=C\C/C=C\CCCCCCCCCCCC(=O)OC(COC(=O)CCCCCCCCCCCC)COP(=O)(O)OC1C(O)C(O)C(O)C(O)C1O. The molecule has 1 rings (SSSR count). The molecule has 0 aromatic carbocycles. The second-order valence-electron chi connectivity index (χ2n) is 15.9. The summed E-state index contributed by atoms with van der Waals surface area (Å²) in [4.78, 5) is 35.6. The van der Waals surface area contributed by atoms with Crippen molar-refractivity contribution in [1.29, 1.82) is 0 Å². The Balaban J connectivity index is 2.44. The third-order valence-corrected chi connectivity index (χ3v) is 11.5. The van der Waals surface area contributed by atoms with Gasteiger partial charge in [0.05, 0.1) is 6.61 Å². The standard InChI is InChI=1S/C44H81O13P/c1-3-5-7-9-11-13-15-16-17-18-19-20-21-22-23-25-27-29-31-33-38(46)56-36(34-54-37(45)32-30-28-26-24-14-12-10-8-6-4-2)35-55-58(52,53)57-44-42(50)40(48)39(47)41(49)43(44)51/h11,13,16-17,36,39-44,47-51H,3-10,12,14-15,18-35H2,1-2H3,(H,52,53)/b13-11-,17-16-. The summed E-state index contributed by atoms with van der Waals surface area (Å²) in [5, 5.41) is 50.1. The Hall–Kier alpha value is -1.67. The Labute approximate surface area is 349 Å². The van der Waals surface area contributed by atoms with Crippen molar-refractivity contribution >= 4 is 19.8 Å². The first-order valence-corrected chi connectivity index (χ1v) is 24.1. The molecule has 0 amide bonds. The second-order valence-corrected chi connectivity index (χ2v) is 17.3. The zero-order valence-electron chi connectivity index (χ0n) is 35.8. The van der Waals surface area contributed by atoms with E-state index in [1.54, 1.807) is 0 Å². The van der Waals surface area contributed by atoms with Crippen molar-refractivity contribution in [1.82, 2.24) is 0 Å². The van der Waals surface area contributed by atoms with Gasteiger partial charge in [0.15, 0.2) is 6.10 Å². The summed E-state index contributed by atoms with van der Waals surface area (Å²) >= 11 is 0. The van der Waals surface area contributed by atoms with Crippen LogP contribution in [0.15, 0.2) is 24.3 Å². The number of hydrogen-bond donors (Lipinski definition) is 6. The molecular formula is C44H81O13P. The second kappa shape index (κ2) is 35.0. The van der Waals surface area contributed by atoms with Crippen molar-refractivity contribution in [2.75, 3.05) is 13.2 Å². The lowest BCUT2D eigenvalue weighted by atomic mass is 9.85. The number of carbonyl (C=O) groups excluding carboxylic acids is 2. The van der Waals surface area contributed by atoms with Crippen molar-refractivity contribution < 1.29 is 63.1 Å². The van der Waals surface area contributed by atoms with Crippen LogP contribution in [0.3, 0.4) is 0 Å². The zero-order chi connectivity index (χ0) is 42.9. The minimum atomic E-state index is -5.11. The van der Waals surface area contributed by atoms with E-state index in [1.165, 1.54) is 89.9 Å². The number of esters is 2. The van der Waals surface area contributed by atoms with Gasteiger partial charge in [-0.3, -0.25) is 18.6 Å². The molecule has 0 spiro atoms. The van der Waals surface area contributed by atoms with Gasteiger partial charge in [-0.05, 0) is 44.9 Å². The number of phosphoric acid groups is 1. The summed E-state index contributed by atoms with van der Waals surface area (Å²) in [6, 6.07) is 0. The van der Waals surface area contributed by atoms with Gasteiger partial charge in [0, 0.05) is 12.8 Å². The first-order chi connectivity index (χ1) is 27.9. The van der Waals surface area contributed by atoms with Crippen LogP contribution in [-0.2, 0) is 32.7 Å². The molecular weight excluding hydrogens is 767 g/mol. The Bertz CT molecular complexity index is 1120. The molecule has 14 heteroatoms. The van der Waals surface area contributed by atoms with Gasteiger partial charge >= 0.3 is 19.8 Å². The number of phosphoric ester groups is 1. The molecule has 0 aliphatic heterocycles. The molecule has 1 fully saturated rings. The normalized spacial score (nSPS) is 22.7. The van der Waals surface area contributed by atoms with Gasteiger partial charge in [0.1, 0.15) is 43.2 Å². The molecule has 0 aromatic heterocycles. The average Bonchev–Trinajstić information content (AvgIpc) is 3.20.